The first-order chi connectivity index (χ1) is 12.4. The zero-order valence-corrected chi connectivity index (χ0v) is 15.4. The maximum absolute atomic E-state index is 13.4. The second-order valence-electron chi connectivity index (χ2n) is 5.81. The van der Waals surface area contributed by atoms with Crippen molar-refractivity contribution < 1.29 is 14.0 Å². The standard InChI is InChI=1S/C17H15FN4O2S2/c1-17(26-13-3-2-11(18)8-12(13)14(19)23)6-4-10(5-7-17)15(24)21-16-22-20-9-25-16/h2-6,8-9H,7H2,1H3,(H2,19,23)(H,21,22,24). The fourth-order valence-corrected chi connectivity index (χ4v) is 4.04. The van der Waals surface area contributed by atoms with E-state index in [0.29, 0.717) is 22.0 Å². The summed E-state index contributed by atoms with van der Waals surface area (Å²) in [5.41, 5.74) is 7.55. The normalized spacial score (nSPS) is 19.1. The Balaban J connectivity index is 1.72. The molecule has 2 amide bonds. The number of carbonyl (C=O) groups is 2. The second-order valence-corrected chi connectivity index (χ2v) is 8.22. The molecule has 26 heavy (non-hydrogen) atoms. The first-order valence-electron chi connectivity index (χ1n) is 7.61. The molecular weight excluding hydrogens is 375 g/mol. The molecule has 0 saturated carbocycles. The van der Waals surface area contributed by atoms with E-state index in [1.54, 1.807) is 12.1 Å². The number of aromatic nitrogens is 2. The fourth-order valence-electron chi connectivity index (χ4n) is 2.39. The van der Waals surface area contributed by atoms with Crippen LogP contribution in [-0.4, -0.2) is 26.8 Å². The second kappa shape index (κ2) is 7.38. The highest BCUT2D eigenvalue weighted by Gasteiger charge is 2.27. The molecule has 1 aromatic carbocycles. The van der Waals surface area contributed by atoms with Crippen molar-refractivity contribution in [2.75, 3.05) is 5.32 Å². The molecule has 2 aromatic rings. The van der Waals surface area contributed by atoms with E-state index in [9.17, 15) is 14.0 Å². The lowest BCUT2D eigenvalue weighted by Crippen LogP contribution is -2.23. The number of hydrogen-bond acceptors (Lipinski definition) is 6. The van der Waals surface area contributed by atoms with Crippen LogP contribution in [0.4, 0.5) is 9.52 Å². The third kappa shape index (κ3) is 4.17. The average molecular weight is 390 g/mol. The minimum atomic E-state index is -0.678. The van der Waals surface area contributed by atoms with Gasteiger partial charge in [-0.3, -0.25) is 14.9 Å². The Hall–Kier alpha value is -2.52. The summed E-state index contributed by atoms with van der Waals surface area (Å²) < 4.78 is 13.0. The monoisotopic (exact) mass is 390 g/mol. The first kappa shape index (κ1) is 18.3. The van der Waals surface area contributed by atoms with E-state index in [-0.39, 0.29) is 11.5 Å². The smallest absolute Gasteiger partial charge is 0.257 e. The van der Waals surface area contributed by atoms with Gasteiger partial charge >= 0.3 is 0 Å². The zero-order chi connectivity index (χ0) is 18.7. The van der Waals surface area contributed by atoms with Crippen molar-refractivity contribution in [3.05, 3.63) is 58.9 Å². The van der Waals surface area contributed by atoms with E-state index < -0.39 is 16.5 Å². The van der Waals surface area contributed by atoms with Crippen molar-refractivity contribution in [3.63, 3.8) is 0 Å². The highest BCUT2D eigenvalue weighted by molar-refractivity contribution is 8.01. The highest BCUT2D eigenvalue weighted by Crippen LogP contribution is 2.41. The summed E-state index contributed by atoms with van der Waals surface area (Å²) in [7, 11) is 0. The Morgan fingerprint density at radius 3 is 2.85 bits per heavy atom. The predicted molar refractivity (Wildman–Crippen MR) is 99.6 cm³/mol. The summed E-state index contributed by atoms with van der Waals surface area (Å²) in [4.78, 5) is 24.4. The van der Waals surface area contributed by atoms with E-state index in [1.165, 1.54) is 34.7 Å². The molecule has 0 spiro atoms. The number of rotatable bonds is 5. The Morgan fingerprint density at radius 1 is 1.42 bits per heavy atom. The van der Waals surface area contributed by atoms with Gasteiger partial charge in [0, 0.05) is 15.2 Å². The summed E-state index contributed by atoms with van der Waals surface area (Å²) in [6.07, 6.45) is 5.99. The Morgan fingerprint density at radius 2 is 2.23 bits per heavy atom. The van der Waals surface area contributed by atoms with E-state index in [0.717, 1.165) is 6.07 Å². The maximum Gasteiger partial charge on any atom is 0.257 e. The summed E-state index contributed by atoms with van der Waals surface area (Å²) in [5, 5.41) is 10.6. The van der Waals surface area contributed by atoms with Crippen molar-refractivity contribution in [1.82, 2.24) is 10.2 Å². The Labute approximate surface area is 157 Å². The number of allylic oxidation sites excluding steroid dienone is 1. The summed E-state index contributed by atoms with van der Waals surface area (Å²) in [6.45, 7) is 1.97. The van der Waals surface area contributed by atoms with Gasteiger partial charge in [0.1, 0.15) is 11.3 Å². The van der Waals surface area contributed by atoms with Crippen LogP contribution < -0.4 is 11.1 Å². The van der Waals surface area contributed by atoms with Crippen LogP contribution >= 0.6 is 23.1 Å². The minimum Gasteiger partial charge on any atom is -0.366 e. The molecule has 1 aromatic heterocycles. The molecule has 0 bridgehead atoms. The third-order valence-electron chi connectivity index (χ3n) is 3.74. The molecule has 3 rings (SSSR count). The van der Waals surface area contributed by atoms with Gasteiger partial charge in [0.05, 0.1) is 5.56 Å². The molecule has 0 fully saturated rings. The SMILES string of the molecule is CC1(Sc2ccc(F)cc2C(N)=O)C=CC(C(=O)Nc2nncs2)=CC1. The molecule has 1 atom stereocenters. The van der Waals surface area contributed by atoms with Crippen LogP contribution in [0.5, 0.6) is 0 Å². The lowest BCUT2D eigenvalue weighted by Gasteiger charge is -2.27. The Kier molecular flexibility index (Phi) is 5.19. The van der Waals surface area contributed by atoms with Gasteiger partial charge in [0.15, 0.2) is 0 Å². The number of halogens is 1. The molecule has 1 unspecified atom stereocenters. The van der Waals surface area contributed by atoms with Crippen molar-refractivity contribution in [2.24, 2.45) is 5.73 Å². The molecule has 9 heteroatoms. The van der Waals surface area contributed by atoms with Crippen LogP contribution in [0.1, 0.15) is 23.7 Å². The van der Waals surface area contributed by atoms with Gasteiger partial charge in [-0.25, -0.2) is 4.39 Å². The number of anilines is 1. The number of nitrogens with zero attached hydrogens (tertiary/aromatic N) is 2. The van der Waals surface area contributed by atoms with Crippen LogP contribution in [0.2, 0.25) is 0 Å². The van der Waals surface area contributed by atoms with Crippen LogP contribution in [0.15, 0.2) is 52.4 Å². The largest absolute Gasteiger partial charge is 0.366 e. The Bertz CT molecular complexity index is 911. The number of benzene rings is 1. The molecule has 6 nitrogen and oxygen atoms in total. The van der Waals surface area contributed by atoms with Crippen LogP contribution in [0, 0.1) is 5.82 Å². The predicted octanol–water partition coefficient (Wildman–Crippen LogP) is 3.15. The number of nitrogens with two attached hydrogens (primary N) is 1. The fraction of sp³-hybridized carbons (Fsp3) is 0.176. The number of carbonyl (C=O) groups excluding carboxylic acids is 2. The van der Waals surface area contributed by atoms with Gasteiger partial charge in [0.25, 0.3) is 5.91 Å². The third-order valence-corrected chi connectivity index (χ3v) is 5.69. The minimum absolute atomic E-state index is 0.147. The van der Waals surface area contributed by atoms with Gasteiger partial charge in [-0.05, 0) is 31.5 Å². The topological polar surface area (TPSA) is 98.0 Å². The number of nitrogens with one attached hydrogen (secondary N) is 1. The van der Waals surface area contributed by atoms with Crippen molar-refractivity contribution in [3.8, 4) is 0 Å². The number of primary amides is 1. The number of thioether (sulfide) groups is 1. The van der Waals surface area contributed by atoms with Gasteiger partial charge in [-0.2, -0.15) is 0 Å². The summed E-state index contributed by atoms with van der Waals surface area (Å²) in [6, 6.07) is 3.97. The van der Waals surface area contributed by atoms with Crippen molar-refractivity contribution in [1.29, 1.82) is 0 Å². The molecule has 1 aliphatic rings. The molecule has 0 aliphatic heterocycles. The van der Waals surface area contributed by atoms with Gasteiger partial charge < -0.3 is 5.73 Å². The maximum atomic E-state index is 13.4. The molecule has 1 heterocycles. The molecule has 134 valence electrons. The van der Waals surface area contributed by atoms with Gasteiger partial charge in [-0.15, -0.1) is 22.0 Å². The van der Waals surface area contributed by atoms with E-state index in [1.807, 2.05) is 19.1 Å². The van der Waals surface area contributed by atoms with E-state index >= 15 is 0 Å². The lowest BCUT2D eigenvalue weighted by atomic mass is 9.97. The van der Waals surface area contributed by atoms with E-state index in [4.69, 9.17) is 5.73 Å². The van der Waals surface area contributed by atoms with Gasteiger partial charge in [0.2, 0.25) is 11.0 Å². The van der Waals surface area contributed by atoms with E-state index in [2.05, 4.69) is 15.5 Å². The van der Waals surface area contributed by atoms with Crippen LogP contribution in [0.3, 0.4) is 0 Å². The molecule has 0 saturated heterocycles. The lowest BCUT2D eigenvalue weighted by molar-refractivity contribution is -0.112. The molecule has 3 N–H and O–H groups in total. The molecule has 0 radical (unpaired) electrons. The van der Waals surface area contributed by atoms with Crippen molar-refractivity contribution >= 4 is 40.0 Å². The quantitative estimate of drug-likeness (QED) is 0.817. The first-order valence-corrected chi connectivity index (χ1v) is 9.31. The van der Waals surface area contributed by atoms with Crippen LogP contribution in [0.25, 0.3) is 0 Å². The molecular formula is C17H15FN4O2S2. The zero-order valence-electron chi connectivity index (χ0n) is 13.7. The van der Waals surface area contributed by atoms with Gasteiger partial charge in [-0.1, -0.05) is 29.6 Å². The summed E-state index contributed by atoms with van der Waals surface area (Å²) >= 11 is 2.64. The highest BCUT2D eigenvalue weighted by atomic mass is 32.2. The van der Waals surface area contributed by atoms with Crippen LogP contribution in [-0.2, 0) is 4.79 Å². The number of hydrogen-bond donors (Lipinski definition) is 2. The number of amides is 2. The average Bonchev–Trinajstić information content (AvgIpc) is 3.09. The van der Waals surface area contributed by atoms with Crippen molar-refractivity contribution in [2.45, 2.75) is 23.0 Å². The summed E-state index contributed by atoms with van der Waals surface area (Å²) in [5.74, 6) is -1.45. The molecule has 1 aliphatic carbocycles.